The fourth-order valence-corrected chi connectivity index (χ4v) is 2.71. The van der Waals surface area contributed by atoms with Crippen LogP contribution in [-0.2, 0) is 9.53 Å². The Morgan fingerprint density at radius 3 is 2.64 bits per heavy atom. The largest absolute Gasteiger partial charge is 0.449 e. The molecule has 0 fully saturated rings. The third-order valence-corrected chi connectivity index (χ3v) is 4.16. The van der Waals surface area contributed by atoms with Crippen LogP contribution in [0.15, 0.2) is 48.2 Å². The van der Waals surface area contributed by atoms with E-state index < -0.39 is 18.0 Å². The maximum atomic E-state index is 12.3. The van der Waals surface area contributed by atoms with E-state index in [1.165, 1.54) is 11.3 Å². The molecule has 8 heteroatoms. The molecule has 0 saturated carbocycles. The molecule has 0 saturated heterocycles. The lowest BCUT2D eigenvalue weighted by molar-refractivity contribution is -0.124. The number of amides is 1. The summed E-state index contributed by atoms with van der Waals surface area (Å²) < 4.78 is 5.33. The summed E-state index contributed by atoms with van der Waals surface area (Å²) in [6.45, 7) is 1.78. The number of H-pyrrole nitrogens is 1. The highest BCUT2D eigenvalue weighted by atomic mass is 32.1. The quantitative estimate of drug-likeness (QED) is 0.662. The van der Waals surface area contributed by atoms with E-state index in [2.05, 4.69) is 20.3 Å². The lowest BCUT2D eigenvalue weighted by Gasteiger charge is -2.15. The molecule has 0 aliphatic heterocycles. The molecule has 3 rings (SSSR count). The number of thiazole rings is 1. The number of carbonyl (C=O) groups is 2. The first kappa shape index (κ1) is 16.8. The third kappa shape index (κ3) is 4.10. The Hall–Kier alpha value is -3.00. The van der Waals surface area contributed by atoms with Crippen LogP contribution in [0.25, 0.3) is 11.4 Å². The molecule has 1 aromatic carbocycles. The predicted molar refractivity (Wildman–Crippen MR) is 94.3 cm³/mol. The number of carbonyl (C=O) groups excluding carboxylic acids is 2. The van der Waals surface area contributed by atoms with E-state index in [-0.39, 0.29) is 0 Å². The van der Waals surface area contributed by atoms with Gasteiger partial charge in [-0.1, -0.05) is 19.1 Å². The SMILES string of the molecule is CCC(OC(=O)c1ccc(-c2ncc[nH]2)cc1)C(=O)Nc1nccs1. The van der Waals surface area contributed by atoms with Crippen molar-refractivity contribution < 1.29 is 14.3 Å². The van der Waals surface area contributed by atoms with Crippen LogP contribution in [0.4, 0.5) is 5.13 Å². The third-order valence-electron chi connectivity index (χ3n) is 3.47. The molecule has 2 N–H and O–H groups in total. The van der Waals surface area contributed by atoms with E-state index in [1.54, 1.807) is 55.2 Å². The van der Waals surface area contributed by atoms with Crippen molar-refractivity contribution in [3.63, 3.8) is 0 Å². The summed E-state index contributed by atoms with van der Waals surface area (Å²) in [5.74, 6) is -0.223. The Morgan fingerprint density at radius 2 is 2.04 bits per heavy atom. The van der Waals surface area contributed by atoms with Gasteiger partial charge in [-0.2, -0.15) is 0 Å². The zero-order valence-electron chi connectivity index (χ0n) is 13.4. The van der Waals surface area contributed by atoms with Gasteiger partial charge in [0.2, 0.25) is 0 Å². The fraction of sp³-hybridized carbons (Fsp3) is 0.176. The van der Waals surface area contributed by atoms with Crippen LogP contribution in [0.5, 0.6) is 0 Å². The molecule has 2 aromatic heterocycles. The van der Waals surface area contributed by atoms with Crippen LogP contribution in [0.1, 0.15) is 23.7 Å². The Kier molecular flexibility index (Phi) is 5.20. The molecular formula is C17H16N4O3S. The minimum absolute atomic E-state index is 0.368. The van der Waals surface area contributed by atoms with Crippen molar-refractivity contribution in [2.45, 2.75) is 19.4 Å². The van der Waals surface area contributed by atoms with Gasteiger partial charge in [-0.05, 0) is 18.6 Å². The number of esters is 1. The van der Waals surface area contributed by atoms with Crippen molar-refractivity contribution in [3.05, 3.63) is 53.8 Å². The van der Waals surface area contributed by atoms with Crippen molar-refractivity contribution in [3.8, 4) is 11.4 Å². The summed E-state index contributed by atoms with van der Waals surface area (Å²) in [4.78, 5) is 35.6. The summed E-state index contributed by atoms with van der Waals surface area (Å²) in [7, 11) is 0. The number of anilines is 1. The van der Waals surface area contributed by atoms with Gasteiger partial charge in [-0.15, -0.1) is 11.3 Å². The maximum Gasteiger partial charge on any atom is 0.338 e. The van der Waals surface area contributed by atoms with Crippen molar-refractivity contribution in [1.29, 1.82) is 0 Å². The smallest absolute Gasteiger partial charge is 0.338 e. The molecular weight excluding hydrogens is 340 g/mol. The zero-order chi connectivity index (χ0) is 17.6. The normalized spacial score (nSPS) is 11.7. The summed E-state index contributed by atoms with van der Waals surface area (Å²) in [5, 5.41) is 4.86. The van der Waals surface area contributed by atoms with E-state index in [0.717, 1.165) is 5.56 Å². The van der Waals surface area contributed by atoms with Crippen molar-refractivity contribution in [1.82, 2.24) is 15.0 Å². The average Bonchev–Trinajstić information content (AvgIpc) is 3.33. The van der Waals surface area contributed by atoms with Gasteiger partial charge < -0.3 is 9.72 Å². The number of benzene rings is 1. The first-order valence-electron chi connectivity index (χ1n) is 7.68. The Labute approximate surface area is 148 Å². The van der Waals surface area contributed by atoms with Crippen LogP contribution in [0, 0.1) is 0 Å². The van der Waals surface area contributed by atoms with Crippen LogP contribution in [0.3, 0.4) is 0 Å². The van der Waals surface area contributed by atoms with Crippen molar-refractivity contribution >= 4 is 28.3 Å². The number of aromatic amines is 1. The Balaban J connectivity index is 1.64. The second kappa shape index (κ2) is 7.71. The second-order valence-corrected chi connectivity index (χ2v) is 6.04. The Morgan fingerprint density at radius 1 is 1.24 bits per heavy atom. The van der Waals surface area contributed by atoms with E-state index in [1.807, 2.05) is 0 Å². The predicted octanol–water partition coefficient (Wildman–Crippen LogP) is 3.11. The summed E-state index contributed by atoms with van der Waals surface area (Å²) in [5.41, 5.74) is 1.23. The van der Waals surface area contributed by atoms with E-state index in [4.69, 9.17) is 4.74 Å². The molecule has 1 atom stereocenters. The number of nitrogens with one attached hydrogen (secondary N) is 2. The number of hydrogen-bond donors (Lipinski definition) is 2. The number of nitrogens with zero attached hydrogens (tertiary/aromatic N) is 2. The molecule has 3 aromatic rings. The molecule has 0 bridgehead atoms. The zero-order valence-corrected chi connectivity index (χ0v) is 14.2. The van der Waals surface area contributed by atoms with E-state index >= 15 is 0 Å². The van der Waals surface area contributed by atoms with E-state index in [9.17, 15) is 9.59 Å². The number of hydrogen-bond acceptors (Lipinski definition) is 6. The maximum absolute atomic E-state index is 12.3. The van der Waals surface area contributed by atoms with Crippen LogP contribution >= 0.6 is 11.3 Å². The van der Waals surface area contributed by atoms with Gasteiger partial charge in [-0.3, -0.25) is 10.1 Å². The first-order chi connectivity index (χ1) is 12.2. The highest BCUT2D eigenvalue weighted by Crippen LogP contribution is 2.17. The molecule has 1 amide bonds. The molecule has 2 heterocycles. The van der Waals surface area contributed by atoms with Gasteiger partial charge in [0.05, 0.1) is 5.56 Å². The highest BCUT2D eigenvalue weighted by molar-refractivity contribution is 7.13. The second-order valence-electron chi connectivity index (χ2n) is 5.14. The standard InChI is InChI=1S/C17H16N4O3S/c1-2-13(15(22)21-17-20-9-10-25-17)24-16(23)12-5-3-11(4-6-12)14-18-7-8-19-14/h3-10,13H,2H2,1H3,(H,18,19)(H,20,21,22). The number of aromatic nitrogens is 3. The fourth-order valence-electron chi connectivity index (χ4n) is 2.18. The van der Waals surface area contributed by atoms with Crippen LogP contribution < -0.4 is 5.32 Å². The minimum atomic E-state index is -0.874. The molecule has 0 radical (unpaired) electrons. The van der Waals surface area contributed by atoms with Crippen molar-refractivity contribution in [2.24, 2.45) is 0 Å². The van der Waals surface area contributed by atoms with Crippen LogP contribution in [-0.4, -0.2) is 32.9 Å². The molecule has 25 heavy (non-hydrogen) atoms. The van der Waals surface area contributed by atoms with Crippen LogP contribution in [0.2, 0.25) is 0 Å². The van der Waals surface area contributed by atoms with Gasteiger partial charge >= 0.3 is 5.97 Å². The summed E-state index contributed by atoms with van der Waals surface area (Å²) in [6.07, 6.45) is 4.47. The molecule has 7 nitrogen and oxygen atoms in total. The lowest BCUT2D eigenvalue weighted by Crippen LogP contribution is -2.32. The molecule has 0 aliphatic carbocycles. The summed E-state index contributed by atoms with van der Waals surface area (Å²) >= 11 is 1.30. The monoisotopic (exact) mass is 356 g/mol. The van der Waals surface area contributed by atoms with Crippen molar-refractivity contribution in [2.75, 3.05) is 5.32 Å². The van der Waals surface area contributed by atoms with Gasteiger partial charge in [0.15, 0.2) is 11.2 Å². The Bertz CT molecular complexity index is 829. The number of ether oxygens (including phenoxy) is 1. The lowest BCUT2D eigenvalue weighted by atomic mass is 10.1. The first-order valence-corrected chi connectivity index (χ1v) is 8.56. The topological polar surface area (TPSA) is 97.0 Å². The highest BCUT2D eigenvalue weighted by Gasteiger charge is 2.22. The average molecular weight is 356 g/mol. The summed E-state index contributed by atoms with van der Waals surface area (Å²) in [6, 6.07) is 6.83. The van der Waals surface area contributed by atoms with E-state index in [0.29, 0.717) is 22.9 Å². The number of imidazole rings is 1. The molecule has 1 unspecified atom stereocenters. The van der Waals surface area contributed by atoms with Gasteiger partial charge in [0, 0.05) is 29.5 Å². The van der Waals surface area contributed by atoms with Gasteiger partial charge in [0.25, 0.3) is 5.91 Å². The van der Waals surface area contributed by atoms with Gasteiger partial charge in [-0.25, -0.2) is 14.8 Å². The molecule has 0 aliphatic rings. The van der Waals surface area contributed by atoms with Gasteiger partial charge in [0.1, 0.15) is 5.82 Å². The minimum Gasteiger partial charge on any atom is -0.449 e. The molecule has 128 valence electrons. The number of rotatable bonds is 6. The molecule has 0 spiro atoms.